The Labute approximate surface area is 157 Å². The number of amides is 1. The maximum atomic E-state index is 12.9. The maximum Gasteiger partial charge on any atom is 0.241 e. The molecule has 0 unspecified atom stereocenters. The Hall–Kier alpha value is -1.59. The van der Waals surface area contributed by atoms with Crippen LogP contribution in [-0.2, 0) is 16.0 Å². The molecule has 1 aromatic carbocycles. The number of hydrogen-bond donors (Lipinski definition) is 0. The number of piperidine rings is 1. The molecule has 1 saturated heterocycles. The first-order valence-electron chi connectivity index (χ1n) is 9.88. The molecule has 5 nitrogen and oxygen atoms in total. The molecule has 0 bridgehead atoms. The predicted octanol–water partition coefficient (Wildman–Crippen LogP) is 3.11. The molecule has 1 fully saturated rings. The minimum Gasteiger partial charge on any atom is -0.497 e. The summed E-state index contributed by atoms with van der Waals surface area (Å²) >= 11 is 0. The Morgan fingerprint density at radius 1 is 1.23 bits per heavy atom. The van der Waals surface area contributed by atoms with Crippen LogP contribution in [0.25, 0.3) is 0 Å². The molecule has 0 spiro atoms. The highest BCUT2D eigenvalue weighted by molar-refractivity contribution is 5.96. The number of likely N-dealkylation sites (tertiary alicyclic amines) is 1. The summed E-state index contributed by atoms with van der Waals surface area (Å²) in [7, 11) is 1.68. The van der Waals surface area contributed by atoms with Crippen molar-refractivity contribution >= 4 is 11.6 Å². The fourth-order valence-electron chi connectivity index (χ4n) is 3.80. The second-order valence-electron chi connectivity index (χ2n) is 7.85. The van der Waals surface area contributed by atoms with Crippen LogP contribution in [0, 0.1) is 5.92 Å². The lowest BCUT2D eigenvalue weighted by molar-refractivity contribution is -0.120. The van der Waals surface area contributed by atoms with Gasteiger partial charge in [-0.05, 0) is 55.4 Å². The van der Waals surface area contributed by atoms with Crippen molar-refractivity contribution in [2.45, 2.75) is 45.6 Å². The summed E-state index contributed by atoms with van der Waals surface area (Å²) in [5.74, 6) is 1.64. The van der Waals surface area contributed by atoms with Crippen LogP contribution in [0.3, 0.4) is 0 Å². The van der Waals surface area contributed by atoms with E-state index in [0.717, 1.165) is 63.4 Å². The molecule has 2 aliphatic heterocycles. The summed E-state index contributed by atoms with van der Waals surface area (Å²) in [6.07, 6.45) is 4.42. The monoisotopic (exact) mass is 360 g/mol. The van der Waals surface area contributed by atoms with Gasteiger partial charge in [0.25, 0.3) is 0 Å². The fourth-order valence-corrected chi connectivity index (χ4v) is 3.80. The van der Waals surface area contributed by atoms with E-state index in [9.17, 15) is 4.79 Å². The lowest BCUT2D eigenvalue weighted by atomic mass is 10.0. The molecule has 3 rings (SSSR count). The van der Waals surface area contributed by atoms with Crippen molar-refractivity contribution in [3.05, 3.63) is 23.8 Å². The number of hydrogen-bond acceptors (Lipinski definition) is 4. The molecule has 2 heterocycles. The molecule has 0 saturated carbocycles. The molecule has 1 amide bonds. The standard InChI is InChI=1S/C21H32N2O3/c1-16(2)15-26-18-8-11-22(12-9-18)14-21(24)23-10-4-5-17-13-19(25-3)6-7-20(17)23/h6-7,13,16,18H,4-5,8-12,14-15H2,1-3H3. The minimum atomic E-state index is 0.206. The molecule has 0 aliphatic carbocycles. The van der Waals surface area contributed by atoms with E-state index in [1.807, 2.05) is 17.0 Å². The van der Waals surface area contributed by atoms with Gasteiger partial charge in [-0.1, -0.05) is 13.8 Å². The van der Waals surface area contributed by atoms with E-state index in [-0.39, 0.29) is 5.91 Å². The van der Waals surface area contributed by atoms with Gasteiger partial charge < -0.3 is 14.4 Å². The van der Waals surface area contributed by atoms with Gasteiger partial charge in [-0.2, -0.15) is 0 Å². The molecular formula is C21H32N2O3. The second kappa shape index (κ2) is 8.87. The van der Waals surface area contributed by atoms with Gasteiger partial charge in [0.15, 0.2) is 0 Å². The number of nitrogens with zero attached hydrogens (tertiary/aromatic N) is 2. The molecule has 0 aromatic heterocycles. The summed E-state index contributed by atoms with van der Waals surface area (Å²) in [4.78, 5) is 17.1. The van der Waals surface area contributed by atoms with Crippen molar-refractivity contribution in [2.24, 2.45) is 5.92 Å². The summed E-state index contributed by atoms with van der Waals surface area (Å²) < 4.78 is 11.3. The molecule has 144 valence electrons. The number of anilines is 1. The first-order chi connectivity index (χ1) is 12.6. The normalized spacial score (nSPS) is 18.8. The molecule has 2 aliphatic rings. The van der Waals surface area contributed by atoms with Gasteiger partial charge in [0.2, 0.25) is 5.91 Å². The number of carbonyl (C=O) groups excluding carboxylic acids is 1. The zero-order valence-corrected chi connectivity index (χ0v) is 16.4. The van der Waals surface area contributed by atoms with E-state index < -0.39 is 0 Å². The number of carbonyl (C=O) groups is 1. The molecule has 1 aromatic rings. The average molecular weight is 360 g/mol. The Morgan fingerprint density at radius 3 is 2.69 bits per heavy atom. The SMILES string of the molecule is COc1ccc2c(c1)CCCN2C(=O)CN1CCC(OCC(C)C)CC1. The van der Waals surface area contributed by atoms with E-state index >= 15 is 0 Å². The highest BCUT2D eigenvalue weighted by Gasteiger charge is 2.26. The zero-order valence-electron chi connectivity index (χ0n) is 16.4. The Kier molecular flexibility index (Phi) is 6.54. The van der Waals surface area contributed by atoms with Gasteiger partial charge >= 0.3 is 0 Å². The lowest BCUT2D eigenvalue weighted by Gasteiger charge is -2.35. The van der Waals surface area contributed by atoms with Crippen LogP contribution in [0.2, 0.25) is 0 Å². The first-order valence-corrected chi connectivity index (χ1v) is 9.88. The summed E-state index contributed by atoms with van der Waals surface area (Å²) in [6.45, 7) is 8.39. The summed E-state index contributed by atoms with van der Waals surface area (Å²) in [5, 5.41) is 0. The zero-order chi connectivity index (χ0) is 18.5. The van der Waals surface area contributed by atoms with Crippen molar-refractivity contribution in [3.8, 4) is 5.75 Å². The van der Waals surface area contributed by atoms with Crippen molar-refractivity contribution < 1.29 is 14.3 Å². The van der Waals surface area contributed by atoms with Gasteiger partial charge in [0.05, 0.1) is 19.8 Å². The van der Waals surface area contributed by atoms with E-state index in [1.54, 1.807) is 7.11 Å². The largest absolute Gasteiger partial charge is 0.497 e. The molecule has 0 radical (unpaired) electrons. The summed E-state index contributed by atoms with van der Waals surface area (Å²) in [6, 6.07) is 6.03. The molecule has 26 heavy (non-hydrogen) atoms. The Morgan fingerprint density at radius 2 is 2.00 bits per heavy atom. The van der Waals surface area contributed by atoms with E-state index in [4.69, 9.17) is 9.47 Å². The molecule has 5 heteroatoms. The predicted molar refractivity (Wildman–Crippen MR) is 104 cm³/mol. The number of methoxy groups -OCH3 is 1. The number of ether oxygens (including phenoxy) is 2. The highest BCUT2D eigenvalue weighted by atomic mass is 16.5. The third-order valence-electron chi connectivity index (χ3n) is 5.27. The lowest BCUT2D eigenvalue weighted by Crippen LogP contribution is -2.46. The van der Waals surface area contributed by atoms with Gasteiger partial charge in [-0.3, -0.25) is 9.69 Å². The minimum absolute atomic E-state index is 0.206. The topological polar surface area (TPSA) is 42.0 Å². The third kappa shape index (κ3) is 4.77. The van der Waals surface area contributed by atoms with Crippen LogP contribution in [0.4, 0.5) is 5.69 Å². The molecular weight excluding hydrogens is 328 g/mol. The maximum absolute atomic E-state index is 12.9. The second-order valence-corrected chi connectivity index (χ2v) is 7.85. The van der Waals surface area contributed by atoms with Gasteiger partial charge in [-0.15, -0.1) is 0 Å². The van der Waals surface area contributed by atoms with E-state index in [0.29, 0.717) is 18.6 Å². The highest BCUT2D eigenvalue weighted by Crippen LogP contribution is 2.30. The van der Waals surface area contributed by atoms with Crippen molar-refractivity contribution in [1.29, 1.82) is 0 Å². The van der Waals surface area contributed by atoms with Crippen LogP contribution in [0.1, 0.15) is 38.7 Å². The van der Waals surface area contributed by atoms with Crippen molar-refractivity contribution in [3.63, 3.8) is 0 Å². The van der Waals surface area contributed by atoms with Crippen molar-refractivity contribution in [1.82, 2.24) is 4.90 Å². The molecule has 0 atom stereocenters. The fraction of sp³-hybridized carbons (Fsp3) is 0.667. The quantitative estimate of drug-likeness (QED) is 0.782. The van der Waals surface area contributed by atoms with Crippen LogP contribution >= 0.6 is 0 Å². The number of benzene rings is 1. The molecule has 0 N–H and O–H groups in total. The average Bonchev–Trinajstić information content (AvgIpc) is 2.66. The van der Waals surface area contributed by atoms with Gasteiger partial charge in [0, 0.05) is 31.9 Å². The third-order valence-corrected chi connectivity index (χ3v) is 5.27. The smallest absolute Gasteiger partial charge is 0.241 e. The number of aryl methyl sites for hydroxylation is 1. The van der Waals surface area contributed by atoms with Crippen LogP contribution in [-0.4, -0.2) is 56.8 Å². The van der Waals surface area contributed by atoms with Gasteiger partial charge in [0.1, 0.15) is 5.75 Å². The Balaban J connectivity index is 1.54. The van der Waals surface area contributed by atoms with E-state index in [1.165, 1.54) is 5.56 Å². The van der Waals surface area contributed by atoms with Crippen LogP contribution < -0.4 is 9.64 Å². The number of rotatable bonds is 6. The van der Waals surface area contributed by atoms with Gasteiger partial charge in [-0.25, -0.2) is 0 Å². The number of fused-ring (bicyclic) bond motifs is 1. The Bertz CT molecular complexity index is 609. The van der Waals surface area contributed by atoms with Crippen LogP contribution in [0.15, 0.2) is 18.2 Å². The summed E-state index contributed by atoms with van der Waals surface area (Å²) in [5.41, 5.74) is 2.27. The van der Waals surface area contributed by atoms with Crippen molar-refractivity contribution in [2.75, 3.05) is 44.8 Å². The van der Waals surface area contributed by atoms with E-state index in [2.05, 4.69) is 24.8 Å². The first kappa shape index (κ1) is 19.2. The van der Waals surface area contributed by atoms with Crippen LogP contribution in [0.5, 0.6) is 5.75 Å².